The number of amides is 1. The lowest BCUT2D eigenvalue weighted by Crippen LogP contribution is -2.64. The second-order valence-electron chi connectivity index (χ2n) is 8.96. The molecule has 0 radical (unpaired) electrons. The van der Waals surface area contributed by atoms with E-state index in [-0.39, 0.29) is 5.69 Å². The van der Waals surface area contributed by atoms with Crippen molar-refractivity contribution in [1.82, 2.24) is 10.3 Å². The predicted molar refractivity (Wildman–Crippen MR) is 140 cm³/mol. The molecule has 1 aliphatic heterocycles. The summed E-state index contributed by atoms with van der Waals surface area (Å²) in [6.45, 7) is 3.88. The van der Waals surface area contributed by atoms with E-state index in [0.717, 1.165) is 12.8 Å². The second kappa shape index (κ2) is 15.7. The van der Waals surface area contributed by atoms with Gasteiger partial charge in [0.15, 0.2) is 0 Å². The van der Waals surface area contributed by atoms with Crippen LogP contribution in [0.2, 0.25) is 0 Å². The van der Waals surface area contributed by atoms with Gasteiger partial charge in [-0.15, -0.1) is 23.4 Å². The maximum atomic E-state index is 12.9. The van der Waals surface area contributed by atoms with E-state index in [4.69, 9.17) is 16.3 Å². The van der Waals surface area contributed by atoms with Crippen LogP contribution in [-0.2, 0) is 4.74 Å². The molecule has 2 rings (SSSR count). The Kier molecular flexibility index (Phi) is 13.4. The topological polar surface area (TPSA) is 112 Å². The van der Waals surface area contributed by atoms with Crippen LogP contribution in [0.3, 0.4) is 0 Å². The maximum absolute atomic E-state index is 12.9. The van der Waals surface area contributed by atoms with Gasteiger partial charge < -0.3 is 25.4 Å². The van der Waals surface area contributed by atoms with E-state index in [9.17, 15) is 20.1 Å². The Balaban J connectivity index is 1.97. The molecule has 7 unspecified atom stereocenters. The van der Waals surface area contributed by atoms with Crippen molar-refractivity contribution in [3.8, 4) is 11.8 Å². The molecule has 1 aromatic rings. The first-order chi connectivity index (χ1) is 16.8. The molecular weight excluding hydrogens is 488 g/mol. The SMILES string of the molecule is CCCCCCCCCC#Cc1ccnc(C(=O)NC(C(C)Cl)C2OC(SC)C(O)C(O)C2O)c1. The summed E-state index contributed by atoms with van der Waals surface area (Å²) in [6, 6.07) is 2.54. The number of carbonyl (C=O) groups excluding carboxylic acids is 1. The average Bonchev–Trinajstić information content (AvgIpc) is 2.85. The van der Waals surface area contributed by atoms with Crippen LogP contribution in [0.25, 0.3) is 0 Å². The predicted octanol–water partition coefficient (Wildman–Crippen LogP) is 3.47. The molecule has 0 bridgehead atoms. The van der Waals surface area contributed by atoms with Gasteiger partial charge in [0, 0.05) is 18.2 Å². The molecule has 35 heavy (non-hydrogen) atoms. The van der Waals surface area contributed by atoms with Gasteiger partial charge in [-0.3, -0.25) is 9.78 Å². The molecule has 0 spiro atoms. The number of aliphatic hydroxyl groups excluding tert-OH is 3. The Morgan fingerprint density at radius 2 is 1.86 bits per heavy atom. The van der Waals surface area contributed by atoms with Crippen LogP contribution in [0, 0.1) is 11.8 Å². The number of nitrogens with zero attached hydrogens (tertiary/aromatic N) is 1. The highest BCUT2D eigenvalue weighted by Crippen LogP contribution is 2.30. The number of unbranched alkanes of at least 4 members (excludes halogenated alkanes) is 7. The van der Waals surface area contributed by atoms with Crippen LogP contribution in [-0.4, -0.2) is 73.7 Å². The molecule has 0 aliphatic carbocycles. The van der Waals surface area contributed by atoms with Crippen molar-refractivity contribution >= 4 is 29.3 Å². The smallest absolute Gasteiger partial charge is 0.270 e. The zero-order valence-electron chi connectivity index (χ0n) is 20.8. The zero-order chi connectivity index (χ0) is 25.8. The van der Waals surface area contributed by atoms with Crippen LogP contribution in [0.5, 0.6) is 0 Å². The van der Waals surface area contributed by atoms with Gasteiger partial charge in [-0.25, -0.2) is 0 Å². The van der Waals surface area contributed by atoms with Crippen LogP contribution in [0.1, 0.15) is 81.3 Å². The third-order valence-electron chi connectivity index (χ3n) is 6.12. The molecule has 0 saturated carbocycles. The van der Waals surface area contributed by atoms with Gasteiger partial charge >= 0.3 is 0 Å². The number of hydrogen-bond acceptors (Lipinski definition) is 7. The number of thioether (sulfide) groups is 1. The van der Waals surface area contributed by atoms with E-state index in [2.05, 4.69) is 29.1 Å². The number of aromatic nitrogens is 1. The normalized spacial score (nSPS) is 25.9. The molecule has 9 heteroatoms. The fraction of sp³-hybridized carbons (Fsp3) is 0.692. The summed E-state index contributed by atoms with van der Waals surface area (Å²) in [5, 5.41) is 33.0. The summed E-state index contributed by atoms with van der Waals surface area (Å²) < 4.78 is 5.79. The lowest BCUT2D eigenvalue weighted by molar-refractivity contribution is -0.204. The standard InChI is InChI=1S/C26H39ClN2O5S/c1-4-5-6-7-8-9-10-11-12-13-18-14-15-28-19(16-18)25(33)29-20(17(2)27)24-22(31)21(30)23(32)26(34-24)35-3/h14-17,20-24,26,30-32H,4-11H2,1-3H3,(H,29,33). The van der Waals surface area contributed by atoms with Crippen molar-refractivity contribution in [2.45, 2.75) is 106 Å². The number of carbonyl (C=O) groups is 1. The lowest BCUT2D eigenvalue weighted by Gasteiger charge is -2.43. The van der Waals surface area contributed by atoms with Crippen molar-refractivity contribution in [2.24, 2.45) is 0 Å². The van der Waals surface area contributed by atoms with E-state index in [1.807, 2.05) is 0 Å². The van der Waals surface area contributed by atoms with E-state index in [1.54, 1.807) is 25.3 Å². The average molecular weight is 527 g/mol. The molecule has 1 aliphatic rings. The van der Waals surface area contributed by atoms with Crippen LogP contribution < -0.4 is 5.32 Å². The first kappa shape index (κ1) is 29.9. The largest absolute Gasteiger partial charge is 0.388 e. The van der Waals surface area contributed by atoms with Gasteiger partial charge in [0.25, 0.3) is 5.91 Å². The Hall–Kier alpha value is -1.34. The summed E-state index contributed by atoms with van der Waals surface area (Å²) in [5.41, 5.74) is 0.0992. The summed E-state index contributed by atoms with van der Waals surface area (Å²) in [5.74, 6) is 5.78. The van der Waals surface area contributed by atoms with Crippen molar-refractivity contribution in [1.29, 1.82) is 0 Å². The number of aliphatic hydroxyl groups is 3. The molecular formula is C26H39ClN2O5S. The molecule has 1 amide bonds. The molecule has 2 heterocycles. The quantitative estimate of drug-likeness (QED) is 0.187. The van der Waals surface area contributed by atoms with E-state index in [1.165, 1.54) is 56.5 Å². The van der Waals surface area contributed by atoms with E-state index in [0.29, 0.717) is 5.56 Å². The van der Waals surface area contributed by atoms with Gasteiger partial charge in [-0.05, 0) is 31.7 Å². The summed E-state index contributed by atoms with van der Waals surface area (Å²) in [7, 11) is 0. The number of ether oxygens (including phenoxy) is 1. The Morgan fingerprint density at radius 3 is 2.51 bits per heavy atom. The molecule has 196 valence electrons. The fourth-order valence-electron chi connectivity index (χ4n) is 4.02. The van der Waals surface area contributed by atoms with Crippen molar-refractivity contribution in [3.05, 3.63) is 29.6 Å². The van der Waals surface area contributed by atoms with Gasteiger partial charge in [0.05, 0.1) is 11.4 Å². The van der Waals surface area contributed by atoms with Crippen LogP contribution in [0.15, 0.2) is 18.3 Å². The van der Waals surface area contributed by atoms with Crippen molar-refractivity contribution < 1.29 is 24.9 Å². The highest BCUT2D eigenvalue weighted by Gasteiger charge is 2.47. The lowest BCUT2D eigenvalue weighted by atomic mass is 9.93. The van der Waals surface area contributed by atoms with E-state index < -0.39 is 47.2 Å². The minimum atomic E-state index is -1.42. The Morgan fingerprint density at radius 1 is 1.17 bits per heavy atom. The summed E-state index contributed by atoms with van der Waals surface area (Å²) in [6.07, 6.45) is 7.59. The van der Waals surface area contributed by atoms with Gasteiger partial charge in [-0.2, -0.15) is 0 Å². The summed E-state index contributed by atoms with van der Waals surface area (Å²) in [4.78, 5) is 17.1. The van der Waals surface area contributed by atoms with Gasteiger partial charge in [-0.1, -0.05) is 57.3 Å². The molecule has 1 saturated heterocycles. The Labute approximate surface area is 218 Å². The number of rotatable bonds is 12. The van der Waals surface area contributed by atoms with E-state index >= 15 is 0 Å². The number of hydrogen-bond donors (Lipinski definition) is 4. The number of pyridine rings is 1. The monoisotopic (exact) mass is 526 g/mol. The second-order valence-corrected chi connectivity index (χ2v) is 10.6. The first-order valence-electron chi connectivity index (χ1n) is 12.4. The summed E-state index contributed by atoms with van der Waals surface area (Å²) >= 11 is 7.53. The molecule has 1 aromatic heterocycles. The highest BCUT2D eigenvalue weighted by molar-refractivity contribution is 7.99. The molecule has 0 aromatic carbocycles. The molecule has 1 fully saturated rings. The zero-order valence-corrected chi connectivity index (χ0v) is 22.4. The molecule has 4 N–H and O–H groups in total. The number of halogens is 1. The third-order valence-corrected chi connectivity index (χ3v) is 7.24. The molecule has 7 nitrogen and oxygen atoms in total. The minimum absolute atomic E-state index is 0.169. The van der Waals surface area contributed by atoms with Gasteiger partial charge in [0.2, 0.25) is 0 Å². The fourth-order valence-corrected chi connectivity index (χ4v) is 4.90. The van der Waals surface area contributed by atoms with Crippen LogP contribution in [0.4, 0.5) is 0 Å². The minimum Gasteiger partial charge on any atom is -0.388 e. The van der Waals surface area contributed by atoms with Crippen LogP contribution >= 0.6 is 23.4 Å². The molecule has 7 atom stereocenters. The van der Waals surface area contributed by atoms with Crippen molar-refractivity contribution in [3.63, 3.8) is 0 Å². The van der Waals surface area contributed by atoms with Gasteiger partial charge in [0.1, 0.15) is 35.5 Å². The first-order valence-corrected chi connectivity index (χ1v) is 14.1. The number of nitrogens with one attached hydrogen (secondary N) is 1. The maximum Gasteiger partial charge on any atom is 0.270 e. The highest BCUT2D eigenvalue weighted by atomic mass is 35.5. The third kappa shape index (κ3) is 9.23. The van der Waals surface area contributed by atoms with Crippen molar-refractivity contribution in [2.75, 3.05) is 6.26 Å². The Bertz CT molecular complexity index is 845. The number of alkyl halides is 1.